The van der Waals surface area contributed by atoms with Gasteiger partial charge in [0.05, 0.1) is 29.0 Å². The Morgan fingerprint density at radius 2 is 1.97 bits per heavy atom. The van der Waals surface area contributed by atoms with Gasteiger partial charge < -0.3 is 19.3 Å². The molecule has 0 spiro atoms. The molecule has 0 aliphatic carbocycles. The van der Waals surface area contributed by atoms with Gasteiger partial charge in [-0.2, -0.15) is 17.5 Å². The molecule has 2 heterocycles. The second kappa shape index (κ2) is 9.74. The number of alkyl halides is 3. The van der Waals surface area contributed by atoms with Crippen molar-refractivity contribution in [3.05, 3.63) is 30.1 Å². The van der Waals surface area contributed by atoms with Gasteiger partial charge >= 0.3 is 30.1 Å². The van der Waals surface area contributed by atoms with E-state index in [0.717, 1.165) is 12.1 Å². The zero-order chi connectivity index (χ0) is 24.6. The van der Waals surface area contributed by atoms with Gasteiger partial charge in [0, 0.05) is 11.0 Å². The first-order chi connectivity index (χ1) is 15.2. The fourth-order valence-corrected chi connectivity index (χ4v) is 5.55. The average Bonchev–Trinajstić information content (AvgIpc) is 3.27. The highest BCUT2D eigenvalue weighted by Gasteiger charge is 2.46. The standard InChI is InChI=1S/C13H14F3N2O12P3/c14-13(15,16)7-1-2-8-9(3-7)18(6-17-8)12-4-10(19)11(27-12)5-26-31(21)29-33(24,25)30-32(22,23)28-20/h1-3,6,10-12,19H,4-5H2,(H2-,20,22,23,24,25)/p+1/t10-,11+,12+/m0/s1. The van der Waals surface area contributed by atoms with Gasteiger partial charge in [-0.25, -0.2) is 19.4 Å². The van der Waals surface area contributed by atoms with Gasteiger partial charge in [0.15, 0.2) is 0 Å². The number of imidazole rings is 1. The van der Waals surface area contributed by atoms with Crippen LogP contribution in [0.4, 0.5) is 13.2 Å². The lowest BCUT2D eigenvalue weighted by Gasteiger charge is -2.15. The summed E-state index contributed by atoms with van der Waals surface area (Å²) in [6, 6.07) is 2.90. The van der Waals surface area contributed by atoms with Crippen LogP contribution < -0.4 is 0 Å². The highest BCUT2D eigenvalue weighted by atomic mass is 31.3. The Balaban J connectivity index is 1.63. The fourth-order valence-electron chi connectivity index (χ4n) is 2.87. The zero-order valence-corrected chi connectivity index (χ0v) is 18.6. The number of hydrogen-bond acceptors (Lipinski definition) is 11. The van der Waals surface area contributed by atoms with E-state index in [1.165, 1.54) is 17.0 Å². The number of aromatic nitrogens is 2. The van der Waals surface area contributed by atoms with E-state index in [1.807, 2.05) is 0 Å². The van der Waals surface area contributed by atoms with Crippen molar-refractivity contribution in [1.29, 1.82) is 0 Å². The predicted octanol–water partition coefficient (Wildman–Crippen LogP) is 3.10. The molecule has 3 unspecified atom stereocenters. The number of aliphatic hydroxyl groups is 1. The highest BCUT2D eigenvalue weighted by molar-refractivity contribution is 7.64. The molecule has 1 aromatic carbocycles. The molecular weight excluding hydrogens is 526 g/mol. The van der Waals surface area contributed by atoms with E-state index in [-0.39, 0.29) is 17.5 Å². The number of halogens is 3. The number of rotatable bonds is 9. The molecule has 4 N–H and O–H groups in total. The molecule has 1 saturated heterocycles. The lowest BCUT2D eigenvalue weighted by atomic mass is 10.1. The van der Waals surface area contributed by atoms with Gasteiger partial charge in [0.25, 0.3) is 0 Å². The summed E-state index contributed by atoms with van der Waals surface area (Å²) in [6.45, 7) is -0.680. The van der Waals surface area contributed by atoms with Gasteiger partial charge in [-0.05, 0) is 22.5 Å². The molecule has 1 aromatic heterocycles. The van der Waals surface area contributed by atoms with Crippen molar-refractivity contribution in [3.8, 4) is 0 Å². The van der Waals surface area contributed by atoms with Crippen molar-refractivity contribution < 1.29 is 69.6 Å². The van der Waals surface area contributed by atoms with Crippen LogP contribution in [0.3, 0.4) is 0 Å². The number of benzene rings is 1. The van der Waals surface area contributed by atoms with E-state index >= 15 is 0 Å². The van der Waals surface area contributed by atoms with E-state index < -0.39 is 60.7 Å². The maximum atomic E-state index is 13.0. The van der Waals surface area contributed by atoms with Crippen molar-refractivity contribution in [2.45, 2.75) is 31.0 Å². The predicted molar refractivity (Wildman–Crippen MR) is 98.4 cm³/mol. The van der Waals surface area contributed by atoms with E-state index in [1.54, 1.807) is 0 Å². The summed E-state index contributed by atoms with van der Waals surface area (Å²) in [5, 5.41) is 18.2. The van der Waals surface area contributed by atoms with Crippen molar-refractivity contribution in [3.63, 3.8) is 0 Å². The summed E-state index contributed by atoms with van der Waals surface area (Å²) < 4.78 is 94.9. The minimum atomic E-state index is -5.48. The number of ether oxygens (including phenoxy) is 1. The van der Waals surface area contributed by atoms with Crippen molar-refractivity contribution in [2.24, 2.45) is 0 Å². The number of nitrogens with zero attached hydrogens (tertiary/aromatic N) is 2. The monoisotopic (exact) mass is 541 g/mol. The molecule has 0 saturated carbocycles. The topological polar surface area (TPSA) is 196 Å². The van der Waals surface area contributed by atoms with Crippen LogP contribution in [0.5, 0.6) is 0 Å². The Hall–Kier alpha value is -1.32. The van der Waals surface area contributed by atoms with E-state index in [2.05, 4.69) is 22.8 Å². The number of aliphatic hydroxyl groups excluding tert-OH is 1. The minimum Gasteiger partial charge on any atom is -0.390 e. The quantitative estimate of drug-likeness (QED) is 0.206. The van der Waals surface area contributed by atoms with Crippen LogP contribution in [0.15, 0.2) is 24.5 Å². The van der Waals surface area contributed by atoms with Crippen molar-refractivity contribution in [1.82, 2.24) is 9.55 Å². The Kier molecular flexibility index (Phi) is 7.76. The van der Waals surface area contributed by atoms with E-state index in [9.17, 15) is 36.9 Å². The third-order valence-electron chi connectivity index (χ3n) is 4.24. The third-order valence-corrected chi connectivity index (χ3v) is 7.82. The Morgan fingerprint density at radius 3 is 2.61 bits per heavy atom. The van der Waals surface area contributed by atoms with Crippen LogP contribution in [0.1, 0.15) is 18.2 Å². The molecule has 184 valence electrons. The van der Waals surface area contributed by atoms with E-state index in [0.29, 0.717) is 0 Å². The van der Waals surface area contributed by atoms with Crippen LogP contribution in [-0.2, 0) is 42.4 Å². The van der Waals surface area contributed by atoms with Crippen LogP contribution in [0.2, 0.25) is 0 Å². The van der Waals surface area contributed by atoms with Crippen LogP contribution in [0.25, 0.3) is 11.0 Å². The lowest BCUT2D eigenvalue weighted by molar-refractivity contribution is -0.157. The maximum Gasteiger partial charge on any atom is 0.708 e. The maximum absolute atomic E-state index is 13.0. The normalized spacial score (nSPS) is 25.7. The minimum absolute atomic E-state index is 0.0795. The molecular formula is C13H15F3N2O12P3+. The molecule has 1 aliphatic rings. The lowest BCUT2D eigenvalue weighted by Crippen LogP contribution is -2.25. The molecule has 14 nitrogen and oxygen atoms in total. The summed E-state index contributed by atoms with van der Waals surface area (Å²) in [6.07, 6.45) is -6.91. The second-order valence-corrected chi connectivity index (χ2v) is 10.5. The SMILES string of the molecule is O=[P+](OC[C@H]1O[C@@H](n2cnc3ccc(C(F)(F)F)cc32)C[C@@H]1O)OP(=O)(O)OP(=O)(O)OO. The molecule has 1 aliphatic heterocycles. The molecule has 0 radical (unpaired) electrons. The zero-order valence-electron chi connectivity index (χ0n) is 15.9. The molecule has 0 bridgehead atoms. The van der Waals surface area contributed by atoms with Crippen molar-refractivity contribution in [2.75, 3.05) is 6.61 Å². The Bertz CT molecular complexity index is 1130. The van der Waals surface area contributed by atoms with Crippen LogP contribution >= 0.6 is 23.9 Å². The Labute approximate surface area is 182 Å². The highest BCUT2D eigenvalue weighted by Crippen LogP contribution is 2.63. The first kappa shape index (κ1) is 26.3. The van der Waals surface area contributed by atoms with Crippen molar-refractivity contribution >= 4 is 34.9 Å². The number of fused-ring (bicyclic) bond motifs is 1. The smallest absolute Gasteiger partial charge is 0.390 e. The molecule has 33 heavy (non-hydrogen) atoms. The summed E-state index contributed by atoms with van der Waals surface area (Å²) >= 11 is 0. The third kappa shape index (κ3) is 6.63. The molecule has 2 aromatic rings. The largest absolute Gasteiger partial charge is 0.708 e. The first-order valence-corrected chi connectivity index (χ1v) is 12.7. The number of hydrogen-bond donors (Lipinski definition) is 4. The van der Waals surface area contributed by atoms with Gasteiger partial charge in [0.2, 0.25) is 0 Å². The number of phosphoric acid groups is 2. The molecule has 6 atom stereocenters. The fraction of sp³-hybridized carbons (Fsp3) is 0.462. The summed E-state index contributed by atoms with van der Waals surface area (Å²) in [5.41, 5.74) is -0.598. The average molecular weight is 541 g/mol. The summed E-state index contributed by atoms with van der Waals surface area (Å²) in [4.78, 5) is 21.9. The van der Waals surface area contributed by atoms with Gasteiger partial charge in [0.1, 0.15) is 18.9 Å². The van der Waals surface area contributed by atoms with Crippen LogP contribution in [-0.4, -0.2) is 48.5 Å². The van der Waals surface area contributed by atoms with Gasteiger partial charge in [-0.1, -0.05) is 0 Å². The Morgan fingerprint density at radius 1 is 1.27 bits per heavy atom. The first-order valence-electron chi connectivity index (χ1n) is 8.58. The van der Waals surface area contributed by atoms with E-state index in [4.69, 9.17) is 14.9 Å². The second-order valence-electron chi connectivity index (χ2n) is 6.49. The summed E-state index contributed by atoms with van der Waals surface area (Å²) in [7, 11) is -14.3. The summed E-state index contributed by atoms with van der Waals surface area (Å²) in [5.74, 6) is 0. The van der Waals surface area contributed by atoms with Crippen LogP contribution in [0, 0.1) is 0 Å². The molecule has 0 amide bonds. The molecule has 1 fully saturated rings. The van der Waals surface area contributed by atoms with Gasteiger partial charge in [-0.3, -0.25) is 4.89 Å². The molecule has 20 heteroatoms. The van der Waals surface area contributed by atoms with Gasteiger partial charge in [-0.15, -0.1) is 9.20 Å². The molecule has 3 rings (SSSR count).